The van der Waals surface area contributed by atoms with Crippen LogP contribution < -0.4 is 10.1 Å². The predicted molar refractivity (Wildman–Crippen MR) is 94.9 cm³/mol. The average molecular weight is 332 g/mol. The van der Waals surface area contributed by atoms with Crippen molar-refractivity contribution in [2.75, 3.05) is 7.05 Å². The molecule has 0 aliphatic rings. The summed E-state index contributed by atoms with van der Waals surface area (Å²) < 4.78 is 5.61. The highest BCUT2D eigenvalue weighted by molar-refractivity contribution is 7.10. The largest absolute Gasteiger partial charge is 0.491 e. The molecule has 1 atom stereocenters. The van der Waals surface area contributed by atoms with Crippen LogP contribution in [0.4, 0.5) is 4.79 Å². The summed E-state index contributed by atoms with van der Waals surface area (Å²) in [7, 11) is 1.82. The molecule has 2 aromatic rings. The first-order valence-corrected chi connectivity index (χ1v) is 8.65. The van der Waals surface area contributed by atoms with Gasteiger partial charge in [-0.3, -0.25) is 0 Å². The number of urea groups is 1. The number of rotatable bonds is 6. The fourth-order valence-corrected chi connectivity index (χ4v) is 2.98. The number of ether oxygens (including phenoxy) is 1. The summed E-state index contributed by atoms with van der Waals surface area (Å²) in [5.74, 6) is 0.846. The van der Waals surface area contributed by atoms with Crippen LogP contribution in [0, 0.1) is 0 Å². The third-order valence-corrected chi connectivity index (χ3v) is 4.64. The van der Waals surface area contributed by atoms with Crippen molar-refractivity contribution >= 4 is 17.4 Å². The summed E-state index contributed by atoms with van der Waals surface area (Å²) >= 11 is 1.66. The van der Waals surface area contributed by atoms with Gasteiger partial charge in [-0.15, -0.1) is 11.3 Å². The molecule has 1 aromatic carbocycles. The molecule has 0 saturated carbocycles. The number of amides is 2. The Morgan fingerprint density at radius 2 is 1.91 bits per heavy atom. The topological polar surface area (TPSA) is 41.6 Å². The Morgan fingerprint density at radius 3 is 2.48 bits per heavy atom. The van der Waals surface area contributed by atoms with Crippen LogP contribution in [0.3, 0.4) is 0 Å². The summed E-state index contributed by atoms with van der Waals surface area (Å²) in [6.07, 6.45) is 0.160. The van der Waals surface area contributed by atoms with Gasteiger partial charge in [0.25, 0.3) is 0 Å². The molecule has 0 aliphatic heterocycles. The van der Waals surface area contributed by atoms with Crippen molar-refractivity contribution in [3.8, 4) is 5.75 Å². The molecule has 4 nitrogen and oxygen atoms in total. The van der Waals surface area contributed by atoms with E-state index in [0.29, 0.717) is 6.54 Å². The molecule has 0 bridgehead atoms. The van der Waals surface area contributed by atoms with Crippen LogP contribution >= 0.6 is 11.3 Å². The lowest BCUT2D eigenvalue weighted by molar-refractivity contribution is 0.194. The second kappa shape index (κ2) is 8.02. The Labute approximate surface area is 142 Å². The van der Waals surface area contributed by atoms with E-state index in [2.05, 4.69) is 5.32 Å². The van der Waals surface area contributed by atoms with Crippen LogP contribution in [-0.4, -0.2) is 24.1 Å². The van der Waals surface area contributed by atoms with E-state index < -0.39 is 0 Å². The number of carbonyl (C=O) groups is 1. The molecule has 2 amide bonds. The monoisotopic (exact) mass is 332 g/mol. The number of hydrogen-bond acceptors (Lipinski definition) is 3. The average Bonchev–Trinajstić information content (AvgIpc) is 3.06. The molecule has 1 aromatic heterocycles. The highest BCUT2D eigenvalue weighted by Gasteiger charge is 2.17. The minimum Gasteiger partial charge on any atom is -0.491 e. The van der Waals surface area contributed by atoms with E-state index in [9.17, 15) is 4.79 Å². The molecule has 1 N–H and O–H groups in total. The summed E-state index contributed by atoms with van der Waals surface area (Å²) in [4.78, 5) is 15.2. The van der Waals surface area contributed by atoms with Gasteiger partial charge in [-0.2, -0.15) is 0 Å². The molecule has 1 unspecified atom stereocenters. The van der Waals surface area contributed by atoms with Crippen molar-refractivity contribution in [2.24, 2.45) is 0 Å². The number of benzene rings is 1. The van der Waals surface area contributed by atoms with Crippen LogP contribution in [-0.2, 0) is 6.54 Å². The Hall–Kier alpha value is -2.01. The third-order valence-electron chi connectivity index (χ3n) is 3.60. The first-order valence-electron chi connectivity index (χ1n) is 7.77. The van der Waals surface area contributed by atoms with E-state index in [1.807, 2.05) is 69.6 Å². The Balaban J connectivity index is 1.86. The zero-order valence-electron chi connectivity index (χ0n) is 14.1. The molecule has 1 heterocycles. The molecule has 0 aliphatic carbocycles. The van der Waals surface area contributed by atoms with E-state index in [1.54, 1.807) is 16.2 Å². The predicted octanol–water partition coefficient (Wildman–Crippen LogP) is 4.44. The number of hydrogen-bond donors (Lipinski definition) is 1. The molecule has 124 valence electrons. The number of carbonyl (C=O) groups excluding carboxylic acids is 1. The minimum absolute atomic E-state index is 0.0665. The van der Waals surface area contributed by atoms with E-state index in [0.717, 1.165) is 11.3 Å². The first kappa shape index (κ1) is 17.3. The minimum atomic E-state index is -0.0755. The van der Waals surface area contributed by atoms with Gasteiger partial charge in [0.2, 0.25) is 0 Å². The van der Waals surface area contributed by atoms with Crippen LogP contribution in [0.1, 0.15) is 37.3 Å². The molecule has 0 radical (unpaired) electrons. The zero-order chi connectivity index (χ0) is 16.8. The Bertz CT molecular complexity index is 608. The van der Waals surface area contributed by atoms with Gasteiger partial charge < -0.3 is 15.0 Å². The van der Waals surface area contributed by atoms with Gasteiger partial charge in [0.15, 0.2) is 0 Å². The number of thiophene rings is 1. The van der Waals surface area contributed by atoms with E-state index >= 15 is 0 Å². The van der Waals surface area contributed by atoms with E-state index in [-0.39, 0.29) is 18.2 Å². The van der Waals surface area contributed by atoms with Crippen LogP contribution in [0.2, 0.25) is 0 Å². The summed E-state index contributed by atoms with van der Waals surface area (Å²) in [6, 6.07) is 11.8. The second-order valence-electron chi connectivity index (χ2n) is 5.77. The number of nitrogens with one attached hydrogen (secondary N) is 1. The molecule has 23 heavy (non-hydrogen) atoms. The van der Waals surface area contributed by atoms with Crippen LogP contribution in [0.25, 0.3) is 0 Å². The van der Waals surface area contributed by atoms with E-state index in [1.165, 1.54) is 4.88 Å². The summed E-state index contributed by atoms with van der Waals surface area (Å²) in [5, 5.41) is 4.98. The maximum atomic E-state index is 12.3. The lowest BCUT2D eigenvalue weighted by atomic mass is 10.2. The quantitative estimate of drug-likeness (QED) is 0.850. The van der Waals surface area contributed by atoms with Gasteiger partial charge in [-0.25, -0.2) is 4.79 Å². The van der Waals surface area contributed by atoms with Crippen molar-refractivity contribution < 1.29 is 9.53 Å². The zero-order valence-corrected chi connectivity index (χ0v) is 14.9. The molecular formula is C18H24N2O2S. The maximum absolute atomic E-state index is 12.3. The SMILES string of the molecule is CC(C)Oc1ccc(CNC(=O)N(C)C(C)c2cccs2)cc1. The van der Waals surface area contributed by atoms with Crippen LogP contribution in [0.5, 0.6) is 5.75 Å². The highest BCUT2D eigenvalue weighted by Crippen LogP contribution is 2.23. The summed E-state index contributed by atoms with van der Waals surface area (Å²) in [6.45, 7) is 6.53. The van der Waals surface area contributed by atoms with Crippen molar-refractivity contribution in [2.45, 2.75) is 39.5 Å². The molecule has 2 rings (SSSR count). The fourth-order valence-electron chi connectivity index (χ4n) is 2.16. The lowest BCUT2D eigenvalue weighted by Gasteiger charge is -2.24. The van der Waals surface area contributed by atoms with Gasteiger partial charge >= 0.3 is 6.03 Å². The van der Waals surface area contributed by atoms with Gasteiger partial charge in [0.05, 0.1) is 12.1 Å². The van der Waals surface area contributed by atoms with Gasteiger partial charge in [-0.1, -0.05) is 18.2 Å². The van der Waals surface area contributed by atoms with Gasteiger partial charge in [0, 0.05) is 18.5 Å². The van der Waals surface area contributed by atoms with Crippen molar-refractivity contribution in [3.63, 3.8) is 0 Å². The van der Waals surface area contributed by atoms with Gasteiger partial charge in [0.1, 0.15) is 5.75 Å². The summed E-state index contributed by atoms with van der Waals surface area (Å²) in [5.41, 5.74) is 1.05. The van der Waals surface area contributed by atoms with Crippen molar-refractivity contribution in [1.82, 2.24) is 10.2 Å². The second-order valence-corrected chi connectivity index (χ2v) is 6.75. The Morgan fingerprint density at radius 1 is 1.22 bits per heavy atom. The third kappa shape index (κ3) is 4.99. The normalized spacial score (nSPS) is 12.0. The van der Waals surface area contributed by atoms with Gasteiger partial charge in [-0.05, 0) is 49.9 Å². The lowest BCUT2D eigenvalue weighted by Crippen LogP contribution is -2.38. The highest BCUT2D eigenvalue weighted by atomic mass is 32.1. The molecule has 5 heteroatoms. The Kier molecular flexibility index (Phi) is 6.04. The van der Waals surface area contributed by atoms with Crippen LogP contribution in [0.15, 0.2) is 41.8 Å². The number of nitrogens with zero attached hydrogens (tertiary/aromatic N) is 1. The van der Waals surface area contributed by atoms with E-state index in [4.69, 9.17) is 4.74 Å². The first-order chi connectivity index (χ1) is 11.0. The van der Waals surface area contributed by atoms with Crippen molar-refractivity contribution in [3.05, 3.63) is 52.2 Å². The molecular weight excluding hydrogens is 308 g/mol. The fraction of sp³-hybridized carbons (Fsp3) is 0.389. The maximum Gasteiger partial charge on any atom is 0.317 e. The smallest absolute Gasteiger partial charge is 0.317 e. The standard InChI is InChI=1S/C18H24N2O2S/c1-13(2)22-16-9-7-15(8-10-16)12-19-18(21)20(4)14(3)17-6-5-11-23-17/h5-11,13-14H,12H2,1-4H3,(H,19,21). The molecule has 0 saturated heterocycles. The molecule has 0 spiro atoms. The van der Waals surface area contributed by atoms with Crippen molar-refractivity contribution in [1.29, 1.82) is 0 Å². The molecule has 0 fully saturated rings.